The van der Waals surface area contributed by atoms with Gasteiger partial charge in [-0.1, -0.05) is 13.8 Å². The van der Waals surface area contributed by atoms with E-state index in [-0.39, 0.29) is 0 Å². The average molecular weight is 203 g/mol. The third-order valence-corrected chi connectivity index (χ3v) is 2.24. The van der Waals surface area contributed by atoms with Crippen molar-refractivity contribution in [2.24, 2.45) is 5.92 Å². The second-order valence-corrected chi connectivity index (χ2v) is 4.16. The summed E-state index contributed by atoms with van der Waals surface area (Å²) in [4.78, 5) is 2.14. The van der Waals surface area contributed by atoms with Crippen LogP contribution in [0, 0.1) is 17.2 Å². The van der Waals surface area contributed by atoms with E-state index in [1.165, 1.54) is 0 Å². The number of benzene rings is 1. The van der Waals surface area contributed by atoms with Crippen molar-refractivity contribution in [3.8, 4) is 6.07 Å². The van der Waals surface area contributed by atoms with Gasteiger partial charge in [-0.3, -0.25) is 0 Å². The van der Waals surface area contributed by atoms with E-state index < -0.39 is 0 Å². The van der Waals surface area contributed by atoms with Gasteiger partial charge in [0, 0.05) is 19.3 Å². The molecule has 3 heteroatoms. The predicted octanol–water partition coefficient (Wildman–Crippen LogP) is 2.23. The maximum absolute atomic E-state index is 8.75. The van der Waals surface area contributed by atoms with Crippen molar-refractivity contribution in [1.82, 2.24) is 0 Å². The van der Waals surface area contributed by atoms with Gasteiger partial charge in [0.05, 0.1) is 11.3 Å². The number of rotatable bonds is 3. The van der Waals surface area contributed by atoms with E-state index in [0.717, 1.165) is 12.2 Å². The van der Waals surface area contributed by atoms with Gasteiger partial charge in [0.2, 0.25) is 0 Å². The minimum absolute atomic E-state index is 0.539. The number of nitrogens with two attached hydrogens (primary N) is 1. The van der Waals surface area contributed by atoms with E-state index in [1.54, 1.807) is 6.07 Å². The Balaban J connectivity index is 2.88. The molecule has 0 amide bonds. The van der Waals surface area contributed by atoms with Crippen molar-refractivity contribution >= 4 is 11.4 Å². The molecule has 0 fully saturated rings. The highest BCUT2D eigenvalue weighted by atomic mass is 15.1. The first-order chi connectivity index (χ1) is 7.04. The summed E-state index contributed by atoms with van der Waals surface area (Å²) in [5.41, 5.74) is 7.89. The summed E-state index contributed by atoms with van der Waals surface area (Å²) in [7, 11) is 2.03. The van der Waals surface area contributed by atoms with Crippen LogP contribution in [-0.4, -0.2) is 13.6 Å². The average Bonchev–Trinajstić information content (AvgIpc) is 2.16. The lowest BCUT2D eigenvalue weighted by Gasteiger charge is -2.21. The van der Waals surface area contributed by atoms with Crippen molar-refractivity contribution in [2.45, 2.75) is 13.8 Å². The van der Waals surface area contributed by atoms with Crippen LogP contribution >= 0.6 is 0 Å². The highest BCUT2D eigenvalue weighted by molar-refractivity contribution is 5.63. The van der Waals surface area contributed by atoms with Crippen LogP contribution in [0.2, 0.25) is 0 Å². The fourth-order valence-corrected chi connectivity index (χ4v) is 1.54. The Bertz CT molecular complexity index is 377. The fraction of sp³-hybridized carbons (Fsp3) is 0.417. The molecule has 1 rings (SSSR count). The number of nitrogens with zero attached hydrogens (tertiary/aromatic N) is 2. The molecule has 0 saturated carbocycles. The van der Waals surface area contributed by atoms with Gasteiger partial charge in [0.15, 0.2) is 0 Å². The van der Waals surface area contributed by atoms with E-state index >= 15 is 0 Å². The lowest BCUT2D eigenvalue weighted by atomic mass is 10.1. The number of nitriles is 1. The van der Waals surface area contributed by atoms with Crippen LogP contribution < -0.4 is 10.6 Å². The van der Waals surface area contributed by atoms with Gasteiger partial charge in [-0.25, -0.2) is 0 Å². The van der Waals surface area contributed by atoms with Crippen LogP contribution in [0.4, 0.5) is 11.4 Å². The van der Waals surface area contributed by atoms with Gasteiger partial charge in [0.25, 0.3) is 0 Å². The first kappa shape index (κ1) is 11.4. The third-order valence-electron chi connectivity index (χ3n) is 2.24. The van der Waals surface area contributed by atoms with E-state index in [1.807, 2.05) is 19.2 Å². The van der Waals surface area contributed by atoms with E-state index in [0.29, 0.717) is 17.2 Å². The van der Waals surface area contributed by atoms with Crippen molar-refractivity contribution in [3.63, 3.8) is 0 Å². The molecule has 2 N–H and O–H groups in total. The molecular weight excluding hydrogens is 186 g/mol. The molecule has 1 aromatic carbocycles. The summed E-state index contributed by atoms with van der Waals surface area (Å²) in [6.45, 7) is 5.32. The maximum Gasteiger partial charge on any atom is 0.101 e. The van der Waals surface area contributed by atoms with Gasteiger partial charge in [-0.15, -0.1) is 0 Å². The lowest BCUT2D eigenvalue weighted by Crippen LogP contribution is -2.22. The molecule has 0 heterocycles. The normalized spacial score (nSPS) is 10.1. The second-order valence-electron chi connectivity index (χ2n) is 4.16. The lowest BCUT2D eigenvalue weighted by molar-refractivity contribution is 0.638. The summed E-state index contributed by atoms with van der Waals surface area (Å²) < 4.78 is 0. The standard InChI is InChI=1S/C12H17N3/c1-9(2)8-15(3)11-5-4-10(7-13)12(14)6-11/h4-6,9H,8,14H2,1-3H3. The Morgan fingerprint density at radius 3 is 2.60 bits per heavy atom. The monoisotopic (exact) mass is 203 g/mol. The molecule has 15 heavy (non-hydrogen) atoms. The van der Waals surface area contributed by atoms with Crippen molar-refractivity contribution in [1.29, 1.82) is 5.26 Å². The number of anilines is 2. The van der Waals surface area contributed by atoms with E-state index in [4.69, 9.17) is 11.0 Å². The SMILES string of the molecule is CC(C)CN(C)c1ccc(C#N)c(N)c1. The molecule has 0 bridgehead atoms. The molecule has 0 aliphatic carbocycles. The van der Waals surface area contributed by atoms with Crippen LogP contribution in [0.25, 0.3) is 0 Å². The molecule has 3 nitrogen and oxygen atoms in total. The Hall–Kier alpha value is -1.69. The van der Waals surface area contributed by atoms with Crippen LogP contribution in [0.3, 0.4) is 0 Å². The van der Waals surface area contributed by atoms with Crippen molar-refractivity contribution in [2.75, 3.05) is 24.2 Å². The Morgan fingerprint density at radius 2 is 2.13 bits per heavy atom. The number of nitrogen functional groups attached to an aromatic ring is 1. The van der Waals surface area contributed by atoms with Gasteiger partial charge < -0.3 is 10.6 Å². The van der Waals surface area contributed by atoms with Crippen LogP contribution in [0.15, 0.2) is 18.2 Å². The predicted molar refractivity (Wildman–Crippen MR) is 63.7 cm³/mol. The summed E-state index contributed by atoms with van der Waals surface area (Å²) in [6, 6.07) is 7.60. The molecule has 0 radical (unpaired) electrons. The zero-order chi connectivity index (χ0) is 11.4. The Morgan fingerprint density at radius 1 is 1.47 bits per heavy atom. The zero-order valence-corrected chi connectivity index (χ0v) is 9.49. The minimum atomic E-state index is 0.539. The van der Waals surface area contributed by atoms with Crippen molar-refractivity contribution in [3.05, 3.63) is 23.8 Å². The summed E-state index contributed by atoms with van der Waals surface area (Å²) in [5, 5.41) is 8.75. The highest BCUT2D eigenvalue weighted by Gasteiger charge is 2.05. The third kappa shape index (κ3) is 2.88. The molecule has 0 spiro atoms. The Kier molecular flexibility index (Phi) is 3.56. The molecule has 0 aliphatic heterocycles. The molecule has 80 valence electrons. The molecule has 0 unspecified atom stereocenters. The second kappa shape index (κ2) is 4.70. The first-order valence-electron chi connectivity index (χ1n) is 5.05. The molecule has 0 atom stereocenters. The van der Waals surface area contributed by atoms with Gasteiger partial charge in [-0.05, 0) is 24.1 Å². The van der Waals surface area contributed by atoms with Gasteiger partial charge in [-0.2, -0.15) is 5.26 Å². The Labute approximate surface area is 91.1 Å². The number of hydrogen-bond donors (Lipinski definition) is 1. The topological polar surface area (TPSA) is 53.0 Å². The van der Waals surface area contributed by atoms with Crippen LogP contribution in [0.5, 0.6) is 0 Å². The molecular formula is C12H17N3. The molecule has 0 saturated heterocycles. The van der Waals surface area contributed by atoms with E-state index in [9.17, 15) is 0 Å². The summed E-state index contributed by atoms with van der Waals surface area (Å²) >= 11 is 0. The fourth-order valence-electron chi connectivity index (χ4n) is 1.54. The van der Waals surface area contributed by atoms with E-state index in [2.05, 4.69) is 24.8 Å². The van der Waals surface area contributed by atoms with Crippen molar-refractivity contribution < 1.29 is 0 Å². The van der Waals surface area contributed by atoms with Gasteiger partial charge >= 0.3 is 0 Å². The smallest absolute Gasteiger partial charge is 0.101 e. The quantitative estimate of drug-likeness (QED) is 0.766. The van der Waals surface area contributed by atoms with Gasteiger partial charge in [0.1, 0.15) is 6.07 Å². The molecule has 0 aliphatic rings. The van der Waals surface area contributed by atoms with Crippen LogP contribution in [0.1, 0.15) is 19.4 Å². The highest BCUT2D eigenvalue weighted by Crippen LogP contribution is 2.20. The largest absolute Gasteiger partial charge is 0.398 e. The maximum atomic E-state index is 8.75. The summed E-state index contributed by atoms with van der Waals surface area (Å²) in [5.74, 6) is 0.604. The minimum Gasteiger partial charge on any atom is -0.398 e. The molecule has 0 aromatic heterocycles. The number of hydrogen-bond acceptors (Lipinski definition) is 3. The summed E-state index contributed by atoms with van der Waals surface area (Å²) in [6.07, 6.45) is 0. The first-order valence-corrected chi connectivity index (χ1v) is 5.05. The van der Waals surface area contributed by atoms with Crippen LogP contribution in [-0.2, 0) is 0 Å². The zero-order valence-electron chi connectivity index (χ0n) is 9.49. The molecule has 1 aromatic rings.